The summed E-state index contributed by atoms with van der Waals surface area (Å²) in [5.74, 6) is -1.23. The number of aliphatic hydroxyl groups excluding tert-OH is 1. The van der Waals surface area contributed by atoms with Crippen LogP contribution in [0.3, 0.4) is 0 Å². The van der Waals surface area contributed by atoms with E-state index < -0.39 is 13.2 Å². The van der Waals surface area contributed by atoms with Crippen LogP contribution in [0.25, 0.3) is 0 Å². The SMILES string of the molecule is CCCO[P@@](=O)(c1ccc(N(C)C)cc1)[C@H](O)c1cccnc1. The summed E-state index contributed by atoms with van der Waals surface area (Å²) in [5.41, 5.74) is 1.48. The first-order chi connectivity index (χ1) is 11.0. The summed E-state index contributed by atoms with van der Waals surface area (Å²) < 4.78 is 19.1. The van der Waals surface area contributed by atoms with E-state index in [9.17, 15) is 9.67 Å². The Bertz CT molecular complexity index is 659. The van der Waals surface area contributed by atoms with Gasteiger partial charge >= 0.3 is 0 Å². The van der Waals surface area contributed by atoms with Crippen LogP contribution in [0.1, 0.15) is 24.8 Å². The van der Waals surface area contributed by atoms with E-state index in [2.05, 4.69) is 4.98 Å². The largest absolute Gasteiger partial charge is 0.378 e. The number of pyridine rings is 1. The van der Waals surface area contributed by atoms with E-state index in [4.69, 9.17) is 4.52 Å². The average molecular weight is 334 g/mol. The molecule has 124 valence electrons. The van der Waals surface area contributed by atoms with Gasteiger partial charge in [0.25, 0.3) is 7.37 Å². The molecule has 6 heteroatoms. The number of benzene rings is 1. The van der Waals surface area contributed by atoms with Crippen LogP contribution in [0.15, 0.2) is 48.8 Å². The lowest BCUT2D eigenvalue weighted by Gasteiger charge is -2.24. The van der Waals surface area contributed by atoms with Crippen molar-refractivity contribution in [2.75, 3.05) is 25.6 Å². The Labute approximate surface area is 137 Å². The second-order valence-corrected chi connectivity index (χ2v) is 7.96. The van der Waals surface area contributed by atoms with Crippen molar-refractivity contribution < 1.29 is 14.2 Å². The van der Waals surface area contributed by atoms with Gasteiger partial charge in [-0.25, -0.2) is 0 Å². The Balaban J connectivity index is 2.40. The third kappa shape index (κ3) is 3.99. The molecule has 0 amide bonds. The Kier molecular flexibility index (Phi) is 5.94. The molecule has 1 heterocycles. The molecule has 0 aliphatic heterocycles. The lowest BCUT2D eigenvalue weighted by Crippen LogP contribution is -2.16. The maximum absolute atomic E-state index is 13.4. The summed E-state index contributed by atoms with van der Waals surface area (Å²) >= 11 is 0. The van der Waals surface area contributed by atoms with Crippen LogP contribution in [0, 0.1) is 0 Å². The van der Waals surface area contributed by atoms with Gasteiger partial charge in [0.05, 0.1) is 6.61 Å². The standard InChI is InChI=1S/C17H23N2O3P/c1-4-12-22-23(21,17(20)14-6-5-11-18-13-14)16-9-7-15(8-10-16)19(2)3/h5-11,13,17,20H,4,12H2,1-3H3/t17-,23-/m0/s1. The minimum Gasteiger partial charge on any atom is -0.378 e. The van der Waals surface area contributed by atoms with Crippen molar-refractivity contribution in [3.63, 3.8) is 0 Å². The molecular formula is C17H23N2O3P. The van der Waals surface area contributed by atoms with Crippen LogP contribution in [-0.2, 0) is 9.09 Å². The molecule has 2 rings (SSSR count). The van der Waals surface area contributed by atoms with Crippen LogP contribution in [0.2, 0.25) is 0 Å². The van der Waals surface area contributed by atoms with Crippen molar-refractivity contribution in [2.45, 2.75) is 19.2 Å². The van der Waals surface area contributed by atoms with Crippen LogP contribution < -0.4 is 10.2 Å². The van der Waals surface area contributed by atoms with E-state index in [1.54, 1.807) is 30.5 Å². The molecule has 0 fully saturated rings. The fourth-order valence-electron chi connectivity index (χ4n) is 2.20. The highest BCUT2D eigenvalue weighted by molar-refractivity contribution is 7.67. The van der Waals surface area contributed by atoms with Gasteiger partial charge in [-0.05, 0) is 36.8 Å². The third-order valence-electron chi connectivity index (χ3n) is 3.52. The fourth-order valence-corrected chi connectivity index (χ4v) is 4.33. The van der Waals surface area contributed by atoms with E-state index in [-0.39, 0.29) is 0 Å². The smallest absolute Gasteiger partial charge is 0.264 e. The Morgan fingerprint density at radius 1 is 1.26 bits per heavy atom. The summed E-state index contributed by atoms with van der Waals surface area (Å²) in [4.78, 5) is 5.94. The first-order valence-corrected chi connectivity index (χ1v) is 9.28. The summed E-state index contributed by atoms with van der Waals surface area (Å²) in [7, 11) is 0.420. The van der Waals surface area contributed by atoms with Crippen molar-refractivity contribution in [1.29, 1.82) is 0 Å². The summed E-state index contributed by atoms with van der Waals surface area (Å²) in [5, 5.41) is 11.2. The van der Waals surface area contributed by atoms with Gasteiger partial charge < -0.3 is 14.5 Å². The van der Waals surface area contributed by atoms with Crippen molar-refractivity contribution >= 4 is 18.4 Å². The van der Waals surface area contributed by atoms with Crippen molar-refractivity contribution in [2.24, 2.45) is 0 Å². The predicted octanol–water partition coefficient (Wildman–Crippen LogP) is 3.17. The number of hydrogen-bond acceptors (Lipinski definition) is 5. The van der Waals surface area contributed by atoms with Gasteiger partial charge in [-0.15, -0.1) is 0 Å². The molecule has 23 heavy (non-hydrogen) atoms. The topological polar surface area (TPSA) is 62.7 Å². The highest BCUT2D eigenvalue weighted by Gasteiger charge is 2.36. The number of aromatic nitrogens is 1. The highest BCUT2D eigenvalue weighted by atomic mass is 31.2. The molecule has 0 radical (unpaired) electrons. The minimum absolute atomic E-state index is 0.323. The minimum atomic E-state index is -3.45. The molecule has 2 atom stereocenters. The van der Waals surface area contributed by atoms with E-state index >= 15 is 0 Å². The van der Waals surface area contributed by atoms with Gasteiger partial charge in [0.2, 0.25) is 0 Å². The number of anilines is 1. The zero-order chi connectivity index (χ0) is 16.9. The third-order valence-corrected chi connectivity index (χ3v) is 6.04. The molecule has 0 saturated heterocycles. The second-order valence-electron chi connectivity index (χ2n) is 5.50. The number of rotatable bonds is 7. The predicted molar refractivity (Wildman–Crippen MR) is 93.4 cm³/mol. The number of aliphatic hydroxyl groups is 1. The molecule has 1 N–H and O–H groups in total. The Hall–Kier alpha value is -1.68. The molecule has 1 aromatic carbocycles. The molecule has 0 unspecified atom stereocenters. The molecule has 0 aliphatic rings. The first-order valence-electron chi connectivity index (χ1n) is 7.59. The zero-order valence-corrected chi connectivity index (χ0v) is 14.6. The maximum atomic E-state index is 13.4. The van der Waals surface area contributed by atoms with E-state index in [0.717, 1.165) is 12.1 Å². The molecule has 5 nitrogen and oxygen atoms in total. The van der Waals surface area contributed by atoms with Gasteiger partial charge in [-0.1, -0.05) is 13.0 Å². The molecule has 1 aromatic heterocycles. The Morgan fingerprint density at radius 3 is 2.48 bits per heavy atom. The van der Waals surface area contributed by atoms with Gasteiger partial charge in [-0.2, -0.15) is 0 Å². The highest BCUT2D eigenvalue weighted by Crippen LogP contribution is 2.57. The lowest BCUT2D eigenvalue weighted by molar-refractivity contribution is 0.214. The summed E-state index contributed by atoms with van der Waals surface area (Å²) in [6, 6.07) is 10.7. The van der Waals surface area contributed by atoms with Crippen LogP contribution >= 0.6 is 7.37 Å². The summed E-state index contributed by atoms with van der Waals surface area (Å²) in [6.45, 7) is 2.26. The fraction of sp³-hybridized carbons (Fsp3) is 0.353. The van der Waals surface area contributed by atoms with Crippen LogP contribution in [-0.4, -0.2) is 30.8 Å². The Morgan fingerprint density at radius 2 is 1.96 bits per heavy atom. The number of nitrogens with zero attached hydrogens (tertiary/aromatic N) is 2. The van der Waals surface area contributed by atoms with Crippen LogP contribution in [0.5, 0.6) is 0 Å². The van der Waals surface area contributed by atoms with Crippen LogP contribution in [0.4, 0.5) is 5.69 Å². The first kappa shape index (κ1) is 17.7. The summed E-state index contributed by atoms with van der Waals surface area (Å²) in [6.07, 6.45) is 3.85. The molecule has 0 aliphatic carbocycles. The van der Waals surface area contributed by atoms with E-state index in [1.165, 1.54) is 6.20 Å². The monoisotopic (exact) mass is 334 g/mol. The van der Waals surface area contributed by atoms with Gasteiger partial charge in [0.15, 0.2) is 5.85 Å². The molecule has 0 spiro atoms. The van der Waals surface area contributed by atoms with E-state index in [0.29, 0.717) is 17.5 Å². The van der Waals surface area contributed by atoms with Gasteiger partial charge in [0, 0.05) is 43.0 Å². The molecule has 0 saturated carbocycles. The van der Waals surface area contributed by atoms with Crippen molar-refractivity contribution in [3.05, 3.63) is 54.4 Å². The lowest BCUT2D eigenvalue weighted by atomic mass is 10.3. The average Bonchev–Trinajstić information content (AvgIpc) is 2.59. The quantitative estimate of drug-likeness (QED) is 0.788. The molecule has 2 aromatic rings. The zero-order valence-electron chi connectivity index (χ0n) is 13.7. The van der Waals surface area contributed by atoms with E-state index in [1.807, 2.05) is 38.1 Å². The van der Waals surface area contributed by atoms with Gasteiger partial charge in [-0.3, -0.25) is 9.55 Å². The van der Waals surface area contributed by atoms with Crippen molar-refractivity contribution in [1.82, 2.24) is 4.98 Å². The molecular weight excluding hydrogens is 311 g/mol. The molecule has 0 bridgehead atoms. The number of hydrogen-bond donors (Lipinski definition) is 1. The second kappa shape index (κ2) is 7.73. The normalized spacial score (nSPS) is 15.0. The van der Waals surface area contributed by atoms with Crippen molar-refractivity contribution in [3.8, 4) is 0 Å². The van der Waals surface area contributed by atoms with Gasteiger partial charge in [0.1, 0.15) is 0 Å². The maximum Gasteiger partial charge on any atom is 0.264 e.